The van der Waals surface area contributed by atoms with Crippen LogP contribution in [-0.2, 0) is 6.54 Å². The Bertz CT molecular complexity index is 1760. The number of hydrogen-bond acceptors (Lipinski definition) is 3. The average molecular weight is 612 g/mol. The Morgan fingerprint density at radius 1 is 0.791 bits per heavy atom. The molecule has 1 aliphatic rings. The van der Waals surface area contributed by atoms with E-state index in [2.05, 4.69) is 112 Å². The van der Waals surface area contributed by atoms with Crippen LogP contribution in [0.25, 0.3) is 33.2 Å². The fraction of sp³-hybridized carbons (Fsp3) is 0.270. The summed E-state index contributed by atoms with van der Waals surface area (Å²) < 4.78 is 3.40. The van der Waals surface area contributed by atoms with Crippen LogP contribution in [0.3, 0.4) is 0 Å². The SMILES string of the molecule is Cc1cc(-c2ccccc2)c2c(c1)-c1cccc3ccc(CN(CCCl)c4c(C(C)C)cccc4C(C)C)[n+](c13)N(Cl)O2. The third-order valence-corrected chi connectivity index (χ3v) is 8.69. The van der Waals surface area contributed by atoms with E-state index >= 15 is 0 Å². The monoisotopic (exact) mass is 610 g/mol. The predicted octanol–water partition coefficient (Wildman–Crippen LogP) is 9.66. The van der Waals surface area contributed by atoms with Gasteiger partial charge in [-0.05, 0) is 76.0 Å². The molecule has 0 saturated heterocycles. The van der Waals surface area contributed by atoms with Crippen molar-refractivity contribution in [1.82, 2.24) is 0 Å². The molecule has 0 fully saturated rings. The van der Waals surface area contributed by atoms with Crippen LogP contribution >= 0.6 is 23.4 Å². The van der Waals surface area contributed by atoms with E-state index in [4.69, 9.17) is 28.2 Å². The molecule has 43 heavy (non-hydrogen) atoms. The van der Waals surface area contributed by atoms with Gasteiger partial charge in [-0.25, -0.2) is 0 Å². The summed E-state index contributed by atoms with van der Waals surface area (Å²) in [6.07, 6.45) is 0. The van der Waals surface area contributed by atoms with Gasteiger partial charge in [-0.1, -0.05) is 82.3 Å². The number of anilines is 1. The molecule has 5 aromatic rings. The van der Waals surface area contributed by atoms with Crippen molar-refractivity contribution in [2.45, 2.75) is 53.0 Å². The Labute approximate surface area is 265 Å². The van der Waals surface area contributed by atoms with Crippen LogP contribution in [0.5, 0.6) is 5.75 Å². The number of para-hydroxylation sites is 2. The molecule has 1 aromatic heterocycles. The van der Waals surface area contributed by atoms with E-state index in [9.17, 15) is 0 Å². The van der Waals surface area contributed by atoms with E-state index in [0.29, 0.717) is 30.8 Å². The molecule has 220 valence electrons. The van der Waals surface area contributed by atoms with Crippen molar-refractivity contribution in [1.29, 1.82) is 0 Å². The minimum Gasteiger partial charge on any atom is -0.359 e. The van der Waals surface area contributed by atoms with E-state index in [0.717, 1.165) is 50.2 Å². The molecule has 0 spiro atoms. The Morgan fingerprint density at radius 3 is 2.14 bits per heavy atom. The summed E-state index contributed by atoms with van der Waals surface area (Å²) >= 11 is 13.6. The molecule has 0 aliphatic carbocycles. The molecular formula is C37H38Cl2N3O+. The molecule has 4 aromatic carbocycles. The fourth-order valence-electron chi connectivity index (χ4n) is 6.31. The van der Waals surface area contributed by atoms with Crippen LogP contribution < -0.4 is 19.1 Å². The largest absolute Gasteiger partial charge is 0.359 e. The highest BCUT2D eigenvalue weighted by Crippen LogP contribution is 2.44. The molecule has 0 atom stereocenters. The summed E-state index contributed by atoms with van der Waals surface area (Å²) in [6.45, 7) is 12.5. The first-order valence-corrected chi connectivity index (χ1v) is 15.9. The third-order valence-electron chi connectivity index (χ3n) is 8.30. The van der Waals surface area contributed by atoms with Gasteiger partial charge in [0.2, 0.25) is 5.69 Å². The summed E-state index contributed by atoms with van der Waals surface area (Å²) in [5.41, 5.74) is 11.2. The van der Waals surface area contributed by atoms with E-state index in [1.807, 2.05) is 22.9 Å². The topological polar surface area (TPSA) is 19.6 Å². The number of hydrogen-bond donors (Lipinski definition) is 0. The second-order valence-corrected chi connectivity index (χ2v) is 12.6. The summed E-state index contributed by atoms with van der Waals surface area (Å²) in [5.74, 6) is 1.98. The van der Waals surface area contributed by atoms with Crippen molar-refractivity contribution in [3.8, 4) is 28.0 Å². The molecule has 0 amide bonds. The molecule has 2 heterocycles. The summed E-state index contributed by atoms with van der Waals surface area (Å²) in [4.78, 5) is 9.01. The molecule has 0 radical (unpaired) electrons. The van der Waals surface area contributed by atoms with Crippen LogP contribution in [-0.4, -0.2) is 12.4 Å². The Balaban J connectivity index is 1.55. The van der Waals surface area contributed by atoms with Crippen molar-refractivity contribution >= 4 is 40.0 Å². The smallest absolute Gasteiger partial charge is 0.255 e. The summed E-state index contributed by atoms with van der Waals surface area (Å²) in [5, 5.41) is 1.08. The summed E-state index contributed by atoms with van der Waals surface area (Å²) in [7, 11) is 0. The van der Waals surface area contributed by atoms with E-state index < -0.39 is 0 Å². The van der Waals surface area contributed by atoms with Gasteiger partial charge in [0.15, 0.2) is 5.75 Å². The maximum absolute atomic E-state index is 7.15. The maximum Gasteiger partial charge on any atom is 0.255 e. The number of benzene rings is 4. The first-order chi connectivity index (χ1) is 20.8. The van der Waals surface area contributed by atoms with Crippen molar-refractivity contribution in [2.75, 3.05) is 22.0 Å². The van der Waals surface area contributed by atoms with Gasteiger partial charge in [0.1, 0.15) is 23.0 Å². The number of pyridine rings is 1. The fourth-order valence-corrected chi connectivity index (χ4v) is 6.76. The van der Waals surface area contributed by atoms with Crippen LogP contribution in [0.4, 0.5) is 5.69 Å². The second kappa shape index (κ2) is 12.1. The Morgan fingerprint density at radius 2 is 1.47 bits per heavy atom. The molecule has 0 unspecified atom stereocenters. The highest BCUT2D eigenvalue weighted by Gasteiger charge is 2.35. The number of alkyl halides is 1. The molecule has 0 saturated carbocycles. The normalized spacial score (nSPS) is 12.4. The van der Waals surface area contributed by atoms with Gasteiger partial charge in [0.05, 0.1) is 10.9 Å². The highest BCUT2D eigenvalue weighted by atomic mass is 35.5. The van der Waals surface area contributed by atoms with Gasteiger partial charge in [-0.2, -0.15) is 0 Å². The zero-order chi connectivity index (χ0) is 30.2. The highest BCUT2D eigenvalue weighted by molar-refractivity contribution is 6.20. The lowest BCUT2D eigenvalue weighted by Crippen LogP contribution is -2.57. The van der Waals surface area contributed by atoms with E-state index in [1.165, 1.54) is 21.5 Å². The van der Waals surface area contributed by atoms with Gasteiger partial charge in [-0.3, -0.25) is 0 Å². The quantitative estimate of drug-likeness (QED) is 0.0990. The van der Waals surface area contributed by atoms with Gasteiger partial charge < -0.3 is 9.74 Å². The van der Waals surface area contributed by atoms with Crippen molar-refractivity contribution in [2.24, 2.45) is 0 Å². The Kier molecular flexibility index (Phi) is 8.26. The van der Waals surface area contributed by atoms with Gasteiger partial charge >= 0.3 is 0 Å². The van der Waals surface area contributed by atoms with E-state index in [1.54, 1.807) is 0 Å². The van der Waals surface area contributed by atoms with E-state index in [-0.39, 0.29) is 0 Å². The first kappa shape index (κ1) is 29.3. The first-order valence-electron chi connectivity index (χ1n) is 15.0. The maximum atomic E-state index is 7.15. The molecule has 0 bridgehead atoms. The number of halogens is 2. The van der Waals surface area contributed by atoms with Gasteiger partial charge in [-0.15, -0.1) is 11.6 Å². The van der Waals surface area contributed by atoms with Gasteiger partial charge in [0.25, 0.3) is 5.52 Å². The third kappa shape index (κ3) is 5.43. The number of aromatic nitrogens is 1. The molecule has 6 rings (SSSR count). The minimum absolute atomic E-state index is 0.367. The van der Waals surface area contributed by atoms with Crippen LogP contribution in [0.15, 0.2) is 91.0 Å². The van der Waals surface area contributed by atoms with Crippen LogP contribution in [0, 0.1) is 6.92 Å². The van der Waals surface area contributed by atoms with Crippen molar-refractivity contribution < 1.29 is 9.51 Å². The molecular weight excluding hydrogens is 573 g/mol. The number of aryl methyl sites for hydroxylation is 1. The second-order valence-electron chi connectivity index (χ2n) is 12.0. The molecule has 4 nitrogen and oxygen atoms in total. The zero-order valence-corrected chi connectivity index (χ0v) is 27.0. The lowest BCUT2D eigenvalue weighted by molar-refractivity contribution is -0.686. The average Bonchev–Trinajstić information content (AvgIpc) is 3.13. The number of nitrogens with zero attached hydrogens (tertiary/aromatic N) is 3. The molecule has 6 heteroatoms. The van der Waals surface area contributed by atoms with Gasteiger partial charge in [0, 0.05) is 35.3 Å². The van der Waals surface area contributed by atoms with Crippen LogP contribution in [0.1, 0.15) is 61.9 Å². The van der Waals surface area contributed by atoms with Crippen molar-refractivity contribution in [3.05, 3.63) is 113 Å². The lowest BCUT2D eigenvalue weighted by Gasteiger charge is -2.30. The number of rotatable bonds is 8. The molecule has 1 aliphatic heterocycles. The minimum atomic E-state index is 0.367. The lowest BCUT2D eigenvalue weighted by atomic mass is 9.91. The summed E-state index contributed by atoms with van der Waals surface area (Å²) in [6, 6.07) is 32.1. The van der Waals surface area contributed by atoms with Crippen LogP contribution in [0.2, 0.25) is 0 Å². The predicted molar refractivity (Wildman–Crippen MR) is 181 cm³/mol. The van der Waals surface area contributed by atoms with Crippen molar-refractivity contribution in [3.63, 3.8) is 0 Å². The Hall–Kier alpha value is -3.73. The zero-order valence-electron chi connectivity index (χ0n) is 25.4. The number of fused-ring (bicyclic) bond motifs is 2. The molecule has 0 N–H and O–H groups in total. The standard InChI is InChI=1S/C37H38Cl2N3O/c1-24(2)30-14-10-15-31(25(3)4)36(30)40(20-19-38)23-29-18-17-28-13-9-16-32-34-22-26(5)21-33(27-11-7-6-8-12-27)37(34)43-42(39)41(29)35(28)32/h6-18,21-22,24-25H,19-20,23H2,1-5H3/q+1.